The zero-order valence-corrected chi connectivity index (χ0v) is 32.5. The maximum atomic E-state index is 12.1. The highest BCUT2D eigenvalue weighted by Gasteiger charge is 2.42. The first-order valence-corrected chi connectivity index (χ1v) is 21.1. The van der Waals surface area contributed by atoms with Crippen molar-refractivity contribution in [2.75, 3.05) is 65.1 Å². The topological polar surface area (TPSA) is 194 Å². The van der Waals surface area contributed by atoms with E-state index in [4.69, 9.17) is 25.1 Å². The maximum absolute atomic E-state index is 12.1. The molecule has 52 heavy (non-hydrogen) atoms. The van der Waals surface area contributed by atoms with Crippen molar-refractivity contribution in [2.45, 2.75) is 145 Å². The summed E-state index contributed by atoms with van der Waals surface area (Å²) in [5.41, 5.74) is 5.57. The number of amides is 4. The van der Waals surface area contributed by atoms with Crippen LogP contribution in [-0.2, 0) is 23.8 Å². The van der Waals surface area contributed by atoms with Gasteiger partial charge in [-0.3, -0.25) is 9.59 Å². The molecule has 0 aliphatic carbocycles. The molecule has 4 amide bonds. The second-order valence-electron chi connectivity index (χ2n) is 14.0. The Morgan fingerprint density at radius 1 is 0.769 bits per heavy atom. The average molecular weight is 758 g/mol. The van der Waals surface area contributed by atoms with E-state index in [0.29, 0.717) is 70.8 Å². The molecular formula is C38H71N5O8S. The van der Waals surface area contributed by atoms with Crippen LogP contribution >= 0.6 is 11.8 Å². The summed E-state index contributed by atoms with van der Waals surface area (Å²) in [6, 6.07) is -0.179. The number of ether oxygens (including phenoxy) is 3. The van der Waals surface area contributed by atoms with Gasteiger partial charge in [0.1, 0.15) is 0 Å². The molecule has 14 heteroatoms. The van der Waals surface area contributed by atoms with Gasteiger partial charge in [-0.05, 0) is 44.9 Å². The smallest absolute Gasteiger partial charge is 0.315 e. The zero-order valence-electron chi connectivity index (χ0n) is 31.7. The van der Waals surface area contributed by atoms with Crippen molar-refractivity contribution in [1.82, 2.24) is 21.3 Å². The minimum Gasteiger partial charge on any atom is -0.395 e. The Bertz CT molecular complexity index is 964. The van der Waals surface area contributed by atoms with Gasteiger partial charge in [0.05, 0.1) is 57.3 Å². The Morgan fingerprint density at radius 3 is 1.87 bits per heavy atom. The first-order chi connectivity index (χ1) is 25.4. The predicted octanol–water partition coefficient (Wildman–Crippen LogP) is 3.69. The zero-order chi connectivity index (χ0) is 37.5. The lowest BCUT2D eigenvalue weighted by Gasteiger charge is -2.16. The summed E-state index contributed by atoms with van der Waals surface area (Å²) in [4.78, 5) is 35.6. The number of fused-ring (bicyclic) bond motifs is 1. The molecule has 2 fully saturated rings. The van der Waals surface area contributed by atoms with E-state index < -0.39 is 12.1 Å². The molecule has 0 spiro atoms. The van der Waals surface area contributed by atoms with Gasteiger partial charge in [0.15, 0.2) is 0 Å². The lowest BCUT2D eigenvalue weighted by atomic mass is 10.0. The molecule has 0 aromatic rings. The SMILES string of the molecule is N[C@@H](CO)[C@H](O)/C=C/CCCCCCCCCCCCC(=O)NCCCOCCOCCOCCCNC(=O)CCCCC1SCC2NC(=O)NC21. The van der Waals surface area contributed by atoms with Crippen LogP contribution in [0.2, 0.25) is 0 Å². The fourth-order valence-electron chi connectivity index (χ4n) is 6.25. The fraction of sp³-hybridized carbons (Fsp3) is 0.868. The first kappa shape index (κ1) is 46.2. The summed E-state index contributed by atoms with van der Waals surface area (Å²) in [5.74, 6) is 1.17. The van der Waals surface area contributed by atoms with Crippen LogP contribution in [0.1, 0.15) is 116 Å². The first-order valence-electron chi connectivity index (χ1n) is 20.1. The Morgan fingerprint density at radius 2 is 1.29 bits per heavy atom. The Labute approximate surface area is 317 Å². The largest absolute Gasteiger partial charge is 0.395 e. The minimum absolute atomic E-state index is 0.0558. The molecular weight excluding hydrogens is 687 g/mol. The second-order valence-corrected chi connectivity index (χ2v) is 15.2. The molecule has 5 atom stereocenters. The third kappa shape index (κ3) is 23.7. The van der Waals surface area contributed by atoms with Gasteiger partial charge in [-0.2, -0.15) is 11.8 Å². The summed E-state index contributed by atoms with van der Waals surface area (Å²) in [5, 5.41) is 30.9. The van der Waals surface area contributed by atoms with Gasteiger partial charge in [-0.15, -0.1) is 0 Å². The molecule has 0 bridgehead atoms. The number of thioether (sulfide) groups is 1. The van der Waals surface area contributed by atoms with E-state index in [1.165, 1.54) is 44.9 Å². The Kier molecular flexibility index (Phi) is 27.9. The van der Waals surface area contributed by atoms with Crippen molar-refractivity contribution in [3.05, 3.63) is 12.2 Å². The van der Waals surface area contributed by atoms with Crippen molar-refractivity contribution < 1.29 is 38.8 Å². The summed E-state index contributed by atoms with van der Waals surface area (Å²) >= 11 is 1.91. The van der Waals surface area contributed by atoms with Crippen molar-refractivity contribution >= 4 is 29.6 Å². The number of carbonyl (C=O) groups excluding carboxylic acids is 3. The van der Waals surface area contributed by atoms with Gasteiger partial charge in [0.25, 0.3) is 0 Å². The molecule has 2 aliphatic rings. The quantitative estimate of drug-likeness (QED) is 0.0285. The molecule has 3 unspecified atom stereocenters. The van der Waals surface area contributed by atoms with E-state index in [-0.39, 0.29) is 36.5 Å². The lowest BCUT2D eigenvalue weighted by Crippen LogP contribution is -2.36. The monoisotopic (exact) mass is 758 g/mol. The number of unbranched alkanes of at least 4 members (excludes halogenated alkanes) is 11. The second kappa shape index (κ2) is 31.4. The number of rotatable bonds is 35. The average Bonchev–Trinajstić information content (AvgIpc) is 3.70. The van der Waals surface area contributed by atoms with Crippen LogP contribution in [0.15, 0.2) is 12.2 Å². The van der Waals surface area contributed by atoms with Crippen LogP contribution in [0, 0.1) is 0 Å². The molecule has 0 aromatic carbocycles. The van der Waals surface area contributed by atoms with Crippen LogP contribution in [0.4, 0.5) is 4.79 Å². The molecule has 2 rings (SSSR count). The van der Waals surface area contributed by atoms with Gasteiger partial charge in [-0.1, -0.05) is 69.9 Å². The number of nitrogens with one attached hydrogen (secondary N) is 4. The molecule has 0 radical (unpaired) electrons. The van der Waals surface area contributed by atoms with E-state index in [1.54, 1.807) is 6.08 Å². The van der Waals surface area contributed by atoms with Crippen molar-refractivity contribution in [1.29, 1.82) is 0 Å². The summed E-state index contributed by atoms with van der Waals surface area (Å²) < 4.78 is 16.7. The molecule has 8 N–H and O–H groups in total. The van der Waals surface area contributed by atoms with Gasteiger partial charge >= 0.3 is 6.03 Å². The fourth-order valence-corrected chi connectivity index (χ4v) is 7.79. The van der Waals surface area contributed by atoms with Gasteiger partial charge in [0.2, 0.25) is 11.8 Å². The molecule has 0 saturated carbocycles. The predicted molar refractivity (Wildman–Crippen MR) is 207 cm³/mol. The molecule has 0 aromatic heterocycles. The Balaban J connectivity index is 1.20. The van der Waals surface area contributed by atoms with Gasteiger partial charge < -0.3 is 51.4 Å². The maximum Gasteiger partial charge on any atom is 0.315 e. The van der Waals surface area contributed by atoms with E-state index in [9.17, 15) is 19.5 Å². The normalized spacial score (nSPS) is 19.4. The third-order valence-corrected chi connectivity index (χ3v) is 10.9. The number of aliphatic hydroxyl groups is 2. The van der Waals surface area contributed by atoms with Crippen LogP contribution in [0.5, 0.6) is 0 Å². The highest BCUT2D eigenvalue weighted by Crippen LogP contribution is 2.33. The number of hydrogen-bond donors (Lipinski definition) is 7. The van der Waals surface area contributed by atoms with Crippen molar-refractivity contribution in [3.8, 4) is 0 Å². The van der Waals surface area contributed by atoms with Crippen molar-refractivity contribution in [2.24, 2.45) is 5.73 Å². The number of aliphatic hydroxyl groups excluding tert-OH is 2. The van der Waals surface area contributed by atoms with E-state index >= 15 is 0 Å². The number of allylic oxidation sites excluding steroid dienone is 1. The van der Waals surface area contributed by atoms with Crippen LogP contribution in [-0.4, -0.2) is 123 Å². The highest BCUT2D eigenvalue weighted by atomic mass is 32.2. The van der Waals surface area contributed by atoms with Gasteiger partial charge in [0, 0.05) is 50.1 Å². The number of carbonyl (C=O) groups is 3. The third-order valence-electron chi connectivity index (χ3n) is 9.41. The molecule has 13 nitrogen and oxygen atoms in total. The summed E-state index contributed by atoms with van der Waals surface area (Å²) in [7, 11) is 0. The van der Waals surface area contributed by atoms with Crippen LogP contribution < -0.4 is 27.0 Å². The molecule has 302 valence electrons. The number of hydrogen-bond acceptors (Lipinski definition) is 10. The van der Waals surface area contributed by atoms with Crippen LogP contribution in [0.25, 0.3) is 0 Å². The van der Waals surface area contributed by atoms with Crippen LogP contribution in [0.3, 0.4) is 0 Å². The van der Waals surface area contributed by atoms with Gasteiger partial charge in [-0.25, -0.2) is 4.79 Å². The van der Waals surface area contributed by atoms with E-state index in [2.05, 4.69) is 21.3 Å². The molecule has 2 saturated heterocycles. The molecule has 2 heterocycles. The number of nitrogens with two attached hydrogens (primary N) is 1. The summed E-state index contributed by atoms with van der Waals surface area (Å²) in [6.07, 6.45) is 21.1. The lowest BCUT2D eigenvalue weighted by molar-refractivity contribution is -0.122. The van der Waals surface area contributed by atoms with E-state index in [1.807, 2.05) is 17.8 Å². The minimum atomic E-state index is -0.770. The van der Waals surface area contributed by atoms with E-state index in [0.717, 1.165) is 63.5 Å². The standard InChI is InChI=1S/C38H71N5O8S/c39-31(29-44)33(45)17-11-9-7-5-3-1-2-4-6-8-10-12-19-35(46)40-21-15-23-49-25-27-51-28-26-50-24-16-22-41-36(47)20-14-13-18-34-37-32(30-52-34)42-38(48)43-37/h11,17,31-34,37,44-45H,1-10,12-16,18-30,39H2,(H,40,46)(H,41,47)(H2,42,43,48)/b17-11+/t31-,32?,33+,34?,37?/m0/s1. The summed E-state index contributed by atoms with van der Waals surface area (Å²) in [6.45, 7) is 4.22. The highest BCUT2D eigenvalue weighted by molar-refractivity contribution is 8.00. The molecule has 2 aliphatic heterocycles. The number of urea groups is 1. The van der Waals surface area contributed by atoms with Crippen molar-refractivity contribution in [3.63, 3.8) is 0 Å². The Hall–Kier alpha value is -1.94.